The number of thiophene rings is 1. The van der Waals surface area contributed by atoms with E-state index in [0.717, 1.165) is 32.5 Å². The Morgan fingerprint density at radius 1 is 0.800 bits per heavy atom. The van der Waals surface area contributed by atoms with Gasteiger partial charge in [-0.1, -0.05) is 60.7 Å². The lowest BCUT2D eigenvalue weighted by Crippen LogP contribution is -2.53. The SMILES string of the molecule is Cc1cc(=O)oc2cc(NC(=O)C(CCCCNC(=O)OC(C)(C)C)NC(=O)C(Cc3ccc(-c4cccs4)cc3)NC(=O)OCc3ccccc3)ccc12. The minimum atomic E-state index is -1.10. The summed E-state index contributed by atoms with van der Waals surface area (Å²) in [6.07, 6.45) is -0.0826. The summed E-state index contributed by atoms with van der Waals surface area (Å²) in [5.74, 6) is -1.11. The number of nitrogens with one attached hydrogen (secondary N) is 4. The first-order valence-corrected chi connectivity index (χ1v) is 18.9. The van der Waals surface area contributed by atoms with Crippen molar-refractivity contribution in [2.24, 2.45) is 0 Å². The van der Waals surface area contributed by atoms with Gasteiger partial charge < -0.3 is 35.2 Å². The second kappa shape index (κ2) is 18.9. The summed E-state index contributed by atoms with van der Waals surface area (Å²) in [6.45, 7) is 7.40. The van der Waals surface area contributed by atoms with Gasteiger partial charge in [0, 0.05) is 41.0 Å². The number of rotatable bonds is 15. The zero-order chi connectivity index (χ0) is 39.4. The Kier molecular flexibility index (Phi) is 13.8. The van der Waals surface area contributed by atoms with Crippen LogP contribution in [-0.2, 0) is 32.1 Å². The van der Waals surface area contributed by atoms with Gasteiger partial charge in [0.2, 0.25) is 11.8 Å². The van der Waals surface area contributed by atoms with Crippen LogP contribution in [0.3, 0.4) is 0 Å². The van der Waals surface area contributed by atoms with Crippen molar-refractivity contribution in [1.82, 2.24) is 16.0 Å². The molecule has 0 aliphatic carbocycles. The van der Waals surface area contributed by atoms with Gasteiger partial charge in [0.05, 0.1) is 0 Å². The number of amides is 4. The normalized spacial score (nSPS) is 12.3. The van der Waals surface area contributed by atoms with E-state index in [2.05, 4.69) is 21.3 Å². The Hall–Kier alpha value is -5.95. The van der Waals surface area contributed by atoms with Gasteiger partial charge in [0.15, 0.2) is 0 Å². The summed E-state index contributed by atoms with van der Waals surface area (Å²) in [7, 11) is 0. The molecule has 0 aliphatic heterocycles. The molecule has 13 heteroatoms. The van der Waals surface area contributed by atoms with Crippen LogP contribution in [0.15, 0.2) is 106 Å². The Bertz CT molecular complexity index is 2130. The minimum absolute atomic E-state index is 0.00426. The van der Waals surface area contributed by atoms with Crippen molar-refractivity contribution in [3.05, 3.63) is 123 Å². The Balaban J connectivity index is 1.32. The monoisotopic (exact) mass is 766 g/mol. The predicted molar refractivity (Wildman–Crippen MR) is 213 cm³/mol. The molecule has 0 radical (unpaired) electrons. The summed E-state index contributed by atoms with van der Waals surface area (Å²) in [5.41, 5.74) is 2.83. The van der Waals surface area contributed by atoms with Gasteiger partial charge in [-0.25, -0.2) is 14.4 Å². The van der Waals surface area contributed by atoms with Gasteiger partial charge in [0.1, 0.15) is 29.9 Å². The lowest BCUT2D eigenvalue weighted by molar-refractivity contribution is -0.128. The molecule has 288 valence electrons. The second-order valence-electron chi connectivity index (χ2n) is 14.1. The maximum absolute atomic E-state index is 14.1. The van der Waals surface area contributed by atoms with E-state index in [9.17, 15) is 24.0 Å². The van der Waals surface area contributed by atoms with Crippen molar-refractivity contribution in [2.75, 3.05) is 11.9 Å². The number of ether oxygens (including phenoxy) is 2. The molecule has 0 bridgehead atoms. The fourth-order valence-corrected chi connectivity index (χ4v) is 6.48. The molecule has 5 aromatic rings. The number of hydrogen-bond acceptors (Lipinski definition) is 9. The fraction of sp³-hybridized carbons (Fsp3) is 0.310. The molecule has 2 unspecified atom stereocenters. The molecular weight excluding hydrogens is 721 g/mol. The van der Waals surface area contributed by atoms with Crippen LogP contribution in [0.4, 0.5) is 15.3 Å². The van der Waals surface area contributed by atoms with Crippen LogP contribution in [0.2, 0.25) is 0 Å². The highest BCUT2D eigenvalue weighted by atomic mass is 32.1. The van der Waals surface area contributed by atoms with E-state index in [-0.39, 0.29) is 19.4 Å². The predicted octanol–water partition coefficient (Wildman–Crippen LogP) is 7.49. The third kappa shape index (κ3) is 12.6. The Morgan fingerprint density at radius 3 is 2.27 bits per heavy atom. The molecule has 5 rings (SSSR count). The number of unbranched alkanes of at least 4 members (excludes halogenated alkanes) is 1. The maximum atomic E-state index is 14.1. The van der Waals surface area contributed by atoms with Crippen molar-refractivity contribution < 1.29 is 33.1 Å². The minimum Gasteiger partial charge on any atom is -0.445 e. The molecule has 0 saturated carbocycles. The van der Waals surface area contributed by atoms with E-state index in [1.807, 2.05) is 72.1 Å². The zero-order valence-electron chi connectivity index (χ0n) is 31.3. The highest BCUT2D eigenvalue weighted by molar-refractivity contribution is 7.13. The molecule has 0 spiro atoms. The third-order valence-electron chi connectivity index (χ3n) is 8.46. The van der Waals surface area contributed by atoms with Crippen LogP contribution in [0, 0.1) is 6.92 Å². The van der Waals surface area contributed by atoms with E-state index in [4.69, 9.17) is 13.9 Å². The van der Waals surface area contributed by atoms with Crippen molar-refractivity contribution >= 4 is 52.0 Å². The summed E-state index contributed by atoms with van der Waals surface area (Å²) >= 11 is 1.62. The summed E-state index contributed by atoms with van der Waals surface area (Å²) in [6, 6.07) is 25.1. The molecule has 0 saturated heterocycles. The fourth-order valence-electron chi connectivity index (χ4n) is 5.75. The van der Waals surface area contributed by atoms with Gasteiger partial charge in [-0.2, -0.15) is 0 Å². The van der Waals surface area contributed by atoms with Crippen LogP contribution in [0.25, 0.3) is 21.4 Å². The van der Waals surface area contributed by atoms with Crippen LogP contribution in [0.5, 0.6) is 0 Å². The number of aryl methyl sites for hydroxylation is 1. The molecule has 2 atom stereocenters. The number of alkyl carbamates (subject to hydrolysis) is 2. The number of fused-ring (bicyclic) bond motifs is 1. The van der Waals surface area contributed by atoms with E-state index < -0.39 is 47.3 Å². The number of anilines is 1. The molecule has 55 heavy (non-hydrogen) atoms. The van der Waals surface area contributed by atoms with Crippen LogP contribution >= 0.6 is 11.3 Å². The molecule has 0 fully saturated rings. The number of hydrogen-bond donors (Lipinski definition) is 4. The smallest absolute Gasteiger partial charge is 0.408 e. The molecule has 4 N–H and O–H groups in total. The van der Waals surface area contributed by atoms with Crippen LogP contribution in [-0.4, -0.2) is 48.2 Å². The molecule has 12 nitrogen and oxygen atoms in total. The average molecular weight is 767 g/mol. The quantitative estimate of drug-likeness (QED) is 0.0629. The first kappa shape index (κ1) is 40.2. The highest BCUT2D eigenvalue weighted by Crippen LogP contribution is 2.25. The Morgan fingerprint density at radius 2 is 1.56 bits per heavy atom. The van der Waals surface area contributed by atoms with Crippen molar-refractivity contribution in [2.45, 2.75) is 77.7 Å². The first-order chi connectivity index (χ1) is 26.3. The van der Waals surface area contributed by atoms with Gasteiger partial charge in [-0.15, -0.1) is 11.3 Å². The van der Waals surface area contributed by atoms with E-state index in [0.29, 0.717) is 30.7 Å². The largest absolute Gasteiger partial charge is 0.445 e. The van der Waals surface area contributed by atoms with Gasteiger partial charge in [-0.3, -0.25) is 9.59 Å². The number of carbonyl (C=O) groups is 4. The topological polar surface area (TPSA) is 165 Å². The lowest BCUT2D eigenvalue weighted by atomic mass is 10.0. The van der Waals surface area contributed by atoms with E-state index in [1.165, 1.54) is 6.07 Å². The van der Waals surface area contributed by atoms with Gasteiger partial charge in [-0.05, 0) is 92.8 Å². The second-order valence-corrected chi connectivity index (χ2v) is 15.0. The maximum Gasteiger partial charge on any atom is 0.408 e. The summed E-state index contributed by atoms with van der Waals surface area (Å²) in [5, 5.41) is 13.8. The van der Waals surface area contributed by atoms with Gasteiger partial charge >= 0.3 is 17.8 Å². The highest BCUT2D eigenvalue weighted by Gasteiger charge is 2.28. The zero-order valence-corrected chi connectivity index (χ0v) is 32.1. The number of carbonyl (C=O) groups excluding carboxylic acids is 4. The summed E-state index contributed by atoms with van der Waals surface area (Å²) in [4.78, 5) is 66.2. The van der Waals surface area contributed by atoms with E-state index in [1.54, 1.807) is 57.2 Å². The van der Waals surface area contributed by atoms with Gasteiger partial charge in [0.25, 0.3) is 0 Å². The molecule has 4 amide bonds. The van der Waals surface area contributed by atoms with Crippen LogP contribution in [0.1, 0.15) is 56.7 Å². The molecule has 2 aromatic heterocycles. The van der Waals surface area contributed by atoms with Crippen molar-refractivity contribution in [1.29, 1.82) is 0 Å². The van der Waals surface area contributed by atoms with Crippen molar-refractivity contribution in [3.8, 4) is 10.4 Å². The third-order valence-corrected chi connectivity index (χ3v) is 9.38. The van der Waals surface area contributed by atoms with Crippen LogP contribution < -0.4 is 26.9 Å². The lowest BCUT2D eigenvalue weighted by Gasteiger charge is -2.23. The van der Waals surface area contributed by atoms with Crippen molar-refractivity contribution in [3.63, 3.8) is 0 Å². The average Bonchev–Trinajstić information content (AvgIpc) is 3.68. The molecular formula is C42H46N4O8S. The van der Waals surface area contributed by atoms with E-state index >= 15 is 0 Å². The standard InChI is InChI=1S/C42H46N4O8S/c1-27-23-37(47)53-35-25-31(19-20-32(27)35)44-38(48)33(13-8-9-21-43-40(50)54-42(2,3)4)45-39(49)34(46-41(51)52-26-29-11-6-5-7-12-29)24-28-15-17-30(18-16-28)36-14-10-22-55-36/h5-7,10-12,14-20,22-23,25,33-34H,8-9,13,21,24,26H2,1-4H3,(H,43,50)(H,44,48)(H,45,49)(H,46,51). The molecule has 2 heterocycles. The Labute approximate surface area is 323 Å². The summed E-state index contributed by atoms with van der Waals surface area (Å²) < 4.78 is 16.1. The molecule has 0 aliphatic rings. The number of benzene rings is 3. The molecule has 3 aromatic carbocycles. The first-order valence-electron chi connectivity index (χ1n) is 18.1.